The van der Waals surface area contributed by atoms with Crippen molar-refractivity contribution in [2.24, 2.45) is 13.0 Å². The number of methoxy groups -OCH3 is 1. The molecular formula is C19H27N3O4S2. The van der Waals surface area contributed by atoms with Crippen LogP contribution in [0, 0.1) is 5.92 Å². The smallest absolute Gasteiger partial charge is 0.354 e. The van der Waals surface area contributed by atoms with Crippen molar-refractivity contribution in [1.29, 1.82) is 0 Å². The SMILES string of the molecule is COC(=O)c1cc(S(=O)(=O)NCC2CCN(CCc3cccs3)CC2)cn1C. The highest BCUT2D eigenvalue weighted by atomic mass is 32.2. The number of nitrogens with zero attached hydrogens (tertiary/aromatic N) is 2. The Balaban J connectivity index is 1.47. The fourth-order valence-electron chi connectivity index (χ4n) is 3.44. The number of aromatic nitrogens is 1. The Morgan fingerprint density at radius 3 is 2.75 bits per heavy atom. The highest BCUT2D eigenvalue weighted by molar-refractivity contribution is 7.89. The topological polar surface area (TPSA) is 80.6 Å². The Kier molecular flexibility index (Phi) is 6.92. The summed E-state index contributed by atoms with van der Waals surface area (Å²) in [5, 5.41) is 2.11. The quantitative estimate of drug-likeness (QED) is 0.655. The molecule has 28 heavy (non-hydrogen) atoms. The van der Waals surface area contributed by atoms with Crippen molar-refractivity contribution >= 4 is 27.3 Å². The van der Waals surface area contributed by atoms with E-state index < -0.39 is 16.0 Å². The van der Waals surface area contributed by atoms with E-state index in [0.29, 0.717) is 12.5 Å². The molecule has 0 aliphatic carbocycles. The predicted molar refractivity (Wildman–Crippen MR) is 109 cm³/mol. The van der Waals surface area contributed by atoms with Crippen LogP contribution in [0.4, 0.5) is 0 Å². The van der Waals surface area contributed by atoms with Crippen LogP contribution < -0.4 is 4.72 Å². The van der Waals surface area contributed by atoms with E-state index in [9.17, 15) is 13.2 Å². The van der Waals surface area contributed by atoms with Crippen molar-refractivity contribution in [2.45, 2.75) is 24.2 Å². The fourth-order valence-corrected chi connectivity index (χ4v) is 5.32. The molecule has 9 heteroatoms. The van der Waals surface area contributed by atoms with Gasteiger partial charge in [-0.05, 0) is 55.8 Å². The first kappa shape index (κ1) is 21.0. The Morgan fingerprint density at radius 2 is 2.11 bits per heavy atom. The lowest BCUT2D eigenvalue weighted by Crippen LogP contribution is -2.39. The normalized spacial score (nSPS) is 16.4. The third kappa shape index (κ3) is 5.22. The van der Waals surface area contributed by atoms with E-state index in [1.807, 2.05) is 0 Å². The van der Waals surface area contributed by atoms with Gasteiger partial charge < -0.3 is 14.2 Å². The van der Waals surface area contributed by atoms with Gasteiger partial charge in [-0.15, -0.1) is 11.3 Å². The molecule has 0 saturated carbocycles. The van der Waals surface area contributed by atoms with Crippen LogP contribution in [0.5, 0.6) is 0 Å². The van der Waals surface area contributed by atoms with Gasteiger partial charge in [-0.2, -0.15) is 0 Å². The average molecular weight is 426 g/mol. The van der Waals surface area contributed by atoms with E-state index in [1.54, 1.807) is 18.4 Å². The fraction of sp³-hybridized carbons (Fsp3) is 0.526. The molecule has 1 aliphatic rings. The molecule has 1 saturated heterocycles. The van der Waals surface area contributed by atoms with Crippen LogP contribution in [0.15, 0.2) is 34.7 Å². The second kappa shape index (κ2) is 9.21. The molecule has 0 atom stereocenters. The van der Waals surface area contributed by atoms with Gasteiger partial charge in [0.25, 0.3) is 0 Å². The van der Waals surface area contributed by atoms with Gasteiger partial charge in [-0.3, -0.25) is 0 Å². The van der Waals surface area contributed by atoms with Gasteiger partial charge in [0.1, 0.15) is 10.6 Å². The second-order valence-electron chi connectivity index (χ2n) is 7.13. The molecule has 0 amide bonds. The number of piperidine rings is 1. The Bertz CT molecular complexity index is 882. The standard InChI is InChI=1S/C19H27N3O4S2/c1-21-14-17(12-18(21)19(23)26-2)28(24,25)20-13-15-5-8-22(9-6-15)10-7-16-4-3-11-27-16/h3-4,11-12,14-15,20H,5-10,13H2,1-2H3. The number of esters is 1. The summed E-state index contributed by atoms with van der Waals surface area (Å²) >= 11 is 1.79. The zero-order valence-electron chi connectivity index (χ0n) is 16.3. The van der Waals surface area contributed by atoms with Gasteiger partial charge in [0.15, 0.2) is 0 Å². The van der Waals surface area contributed by atoms with E-state index in [1.165, 1.54) is 28.8 Å². The van der Waals surface area contributed by atoms with Crippen molar-refractivity contribution in [3.8, 4) is 0 Å². The van der Waals surface area contributed by atoms with E-state index in [4.69, 9.17) is 0 Å². The summed E-state index contributed by atoms with van der Waals surface area (Å²) in [6, 6.07) is 5.60. The zero-order chi connectivity index (χ0) is 20.1. The van der Waals surface area contributed by atoms with Crippen LogP contribution in [0.3, 0.4) is 0 Å². The first-order chi connectivity index (χ1) is 13.4. The molecule has 1 fully saturated rings. The van der Waals surface area contributed by atoms with Crippen molar-refractivity contribution in [2.75, 3.05) is 33.3 Å². The number of ether oxygens (including phenoxy) is 1. The summed E-state index contributed by atoms with van der Waals surface area (Å²) in [4.78, 5) is 15.6. The van der Waals surface area contributed by atoms with E-state index >= 15 is 0 Å². The van der Waals surface area contributed by atoms with Crippen LogP contribution in [0.2, 0.25) is 0 Å². The van der Waals surface area contributed by atoms with E-state index in [0.717, 1.165) is 38.9 Å². The molecule has 0 bridgehead atoms. The van der Waals surface area contributed by atoms with Gasteiger partial charge in [0.05, 0.1) is 7.11 Å². The van der Waals surface area contributed by atoms with Crippen molar-refractivity contribution < 1.29 is 17.9 Å². The molecule has 2 aromatic rings. The summed E-state index contributed by atoms with van der Waals surface area (Å²) in [6.07, 6.45) is 4.47. The number of aryl methyl sites for hydroxylation is 1. The molecule has 3 rings (SSSR count). The van der Waals surface area contributed by atoms with Gasteiger partial charge in [-0.25, -0.2) is 17.9 Å². The number of likely N-dealkylation sites (tertiary alicyclic amines) is 1. The third-order valence-electron chi connectivity index (χ3n) is 5.21. The molecule has 2 aromatic heterocycles. The Hall–Kier alpha value is -1.68. The molecule has 1 N–H and O–H groups in total. The van der Waals surface area contributed by atoms with Gasteiger partial charge in [0, 0.05) is 31.2 Å². The number of thiophene rings is 1. The van der Waals surface area contributed by atoms with Crippen LogP contribution in [0.1, 0.15) is 28.2 Å². The number of rotatable bonds is 8. The predicted octanol–water partition coefficient (Wildman–Crippen LogP) is 2.11. The Morgan fingerprint density at radius 1 is 1.36 bits per heavy atom. The maximum Gasteiger partial charge on any atom is 0.354 e. The summed E-state index contributed by atoms with van der Waals surface area (Å²) in [5.41, 5.74) is 0.210. The van der Waals surface area contributed by atoms with Crippen molar-refractivity contribution in [3.05, 3.63) is 40.3 Å². The lowest BCUT2D eigenvalue weighted by molar-refractivity contribution is 0.0590. The van der Waals surface area contributed by atoms with Crippen LogP contribution in [0.25, 0.3) is 0 Å². The van der Waals surface area contributed by atoms with Crippen LogP contribution in [-0.2, 0) is 28.2 Å². The summed E-state index contributed by atoms with van der Waals surface area (Å²) in [7, 11) is -0.753. The number of nitrogens with one attached hydrogen (secondary N) is 1. The molecular weight excluding hydrogens is 398 g/mol. The van der Waals surface area contributed by atoms with Crippen molar-refractivity contribution in [1.82, 2.24) is 14.2 Å². The zero-order valence-corrected chi connectivity index (χ0v) is 17.9. The molecule has 0 radical (unpaired) electrons. The molecule has 154 valence electrons. The van der Waals surface area contributed by atoms with E-state index in [2.05, 4.69) is 31.9 Å². The molecule has 3 heterocycles. The molecule has 0 unspecified atom stereocenters. The maximum absolute atomic E-state index is 12.6. The maximum atomic E-state index is 12.6. The number of carbonyl (C=O) groups excluding carboxylic acids is 1. The lowest BCUT2D eigenvalue weighted by Gasteiger charge is -2.31. The minimum Gasteiger partial charge on any atom is -0.464 e. The largest absolute Gasteiger partial charge is 0.464 e. The Labute approximate surface area is 170 Å². The number of hydrogen-bond acceptors (Lipinski definition) is 6. The summed E-state index contributed by atoms with van der Waals surface area (Å²) in [5.74, 6) is -0.226. The van der Waals surface area contributed by atoms with Crippen LogP contribution >= 0.6 is 11.3 Å². The lowest BCUT2D eigenvalue weighted by atomic mass is 9.97. The third-order valence-corrected chi connectivity index (χ3v) is 7.54. The molecule has 7 nitrogen and oxygen atoms in total. The van der Waals surface area contributed by atoms with Gasteiger partial charge >= 0.3 is 5.97 Å². The van der Waals surface area contributed by atoms with Crippen LogP contribution in [-0.4, -0.2) is 57.1 Å². The first-order valence-electron chi connectivity index (χ1n) is 9.38. The van der Waals surface area contributed by atoms with Gasteiger partial charge in [0.2, 0.25) is 10.0 Å². The first-order valence-corrected chi connectivity index (χ1v) is 11.7. The molecule has 1 aliphatic heterocycles. The summed E-state index contributed by atoms with van der Waals surface area (Å²) < 4.78 is 34.0. The monoisotopic (exact) mass is 425 g/mol. The number of hydrogen-bond donors (Lipinski definition) is 1. The highest BCUT2D eigenvalue weighted by Crippen LogP contribution is 2.19. The minimum atomic E-state index is -3.65. The minimum absolute atomic E-state index is 0.0868. The van der Waals surface area contributed by atoms with E-state index in [-0.39, 0.29) is 10.6 Å². The van der Waals surface area contributed by atoms with Crippen molar-refractivity contribution in [3.63, 3.8) is 0 Å². The second-order valence-corrected chi connectivity index (χ2v) is 9.93. The molecule has 0 spiro atoms. The number of sulfonamides is 1. The summed E-state index contributed by atoms with van der Waals surface area (Å²) in [6.45, 7) is 3.47. The van der Waals surface area contributed by atoms with Gasteiger partial charge in [-0.1, -0.05) is 6.07 Å². The molecule has 0 aromatic carbocycles. The highest BCUT2D eigenvalue weighted by Gasteiger charge is 2.24. The number of carbonyl (C=O) groups is 1. The average Bonchev–Trinajstić information content (AvgIpc) is 3.35.